The minimum atomic E-state index is -3.41. The maximum absolute atomic E-state index is 12.4. The minimum Gasteiger partial charge on any atom is -0.207 e. The fraction of sp³-hybridized carbons (Fsp3) is 0.571. The maximum atomic E-state index is 12.4. The van der Waals surface area contributed by atoms with Gasteiger partial charge in [0.05, 0.1) is 4.90 Å². The van der Waals surface area contributed by atoms with Crippen LogP contribution in [0.5, 0.6) is 0 Å². The molecule has 1 N–H and O–H groups in total. The van der Waals surface area contributed by atoms with Gasteiger partial charge in [0.1, 0.15) is 0 Å². The number of alkyl halides is 1. The van der Waals surface area contributed by atoms with Gasteiger partial charge in [-0.1, -0.05) is 18.6 Å². The monoisotopic (exact) mass is 333 g/mol. The van der Waals surface area contributed by atoms with Crippen molar-refractivity contribution >= 4 is 33.4 Å². The molecule has 0 bridgehead atoms. The van der Waals surface area contributed by atoms with E-state index < -0.39 is 10.0 Å². The van der Waals surface area contributed by atoms with E-state index >= 15 is 0 Å². The van der Waals surface area contributed by atoms with E-state index in [2.05, 4.69) is 4.72 Å². The molecule has 0 saturated heterocycles. The second-order valence-corrected chi connectivity index (χ2v) is 8.18. The summed E-state index contributed by atoms with van der Waals surface area (Å²) in [7, 11) is -3.41. The predicted molar refractivity (Wildman–Crippen MR) is 86.1 cm³/mol. The van der Waals surface area contributed by atoms with Crippen molar-refractivity contribution in [2.45, 2.75) is 41.9 Å². The van der Waals surface area contributed by atoms with Crippen LogP contribution in [0, 0.1) is 0 Å². The first kappa shape index (κ1) is 16.1. The van der Waals surface area contributed by atoms with Gasteiger partial charge in [0.25, 0.3) is 0 Å². The molecule has 0 heterocycles. The second-order valence-electron chi connectivity index (χ2n) is 5.02. The van der Waals surface area contributed by atoms with Gasteiger partial charge in [-0.05, 0) is 43.2 Å². The topological polar surface area (TPSA) is 46.2 Å². The normalized spacial score (nSPS) is 23.1. The van der Waals surface area contributed by atoms with Crippen molar-refractivity contribution in [2.75, 3.05) is 12.1 Å². The zero-order chi connectivity index (χ0) is 14.6. The summed E-state index contributed by atoms with van der Waals surface area (Å²) in [5.74, 6) is 0.543. The molecule has 1 fully saturated rings. The van der Waals surface area contributed by atoms with Crippen LogP contribution in [-0.2, 0) is 16.4 Å². The lowest BCUT2D eigenvalue weighted by atomic mass is 10.2. The number of hydrogen-bond donors (Lipinski definition) is 1. The molecule has 1 aliphatic carbocycles. The van der Waals surface area contributed by atoms with E-state index in [1.54, 1.807) is 23.9 Å². The number of sulfonamides is 1. The number of nitrogens with one attached hydrogen (secondary N) is 1. The highest BCUT2D eigenvalue weighted by Crippen LogP contribution is 2.29. The van der Waals surface area contributed by atoms with Crippen LogP contribution in [0.1, 0.15) is 24.8 Å². The molecule has 0 aliphatic heterocycles. The van der Waals surface area contributed by atoms with E-state index in [0.29, 0.717) is 16.0 Å². The van der Waals surface area contributed by atoms with Crippen molar-refractivity contribution < 1.29 is 8.42 Å². The number of hydrogen-bond acceptors (Lipinski definition) is 3. The lowest BCUT2D eigenvalue weighted by Gasteiger charge is -2.19. The zero-order valence-corrected chi connectivity index (χ0v) is 13.9. The van der Waals surface area contributed by atoms with E-state index in [9.17, 15) is 8.42 Å². The summed E-state index contributed by atoms with van der Waals surface area (Å²) in [4.78, 5) is 0.336. The summed E-state index contributed by atoms with van der Waals surface area (Å²) in [6.45, 7) is 0. The molecule has 0 aromatic heterocycles. The van der Waals surface area contributed by atoms with E-state index in [1.807, 2.05) is 18.4 Å². The summed E-state index contributed by atoms with van der Waals surface area (Å²) in [6.07, 6.45) is 5.90. The van der Waals surface area contributed by atoms with Gasteiger partial charge in [-0.15, -0.1) is 11.6 Å². The molecule has 3 nitrogen and oxygen atoms in total. The van der Waals surface area contributed by atoms with Gasteiger partial charge in [0, 0.05) is 17.2 Å². The lowest BCUT2D eigenvalue weighted by Crippen LogP contribution is -2.38. The Morgan fingerprint density at radius 1 is 1.30 bits per heavy atom. The first-order valence-corrected chi connectivity index (χ1v) is 10.1. The van der Waals surface area contributed by atoms with Crippen molar-refractivity contribution in [1.29, 1.82) is 0 Å². The molecule has 6 heteroatoms. The number of benzene rings is 1. The highest BCUT2D eigenvalue weighted by molar-refractivity contribution is 7.99. The van der Waals surface area contributed by atoms with Crippen LogP contribution >= 0.6 is 23.4 Å². The number of thioether (sulfide) groups is 1. The molecule has 20 heavy (non-hydrogen) atoms. The van der Waals surface area contributed by atoms with Crippen molar-refractivity contribution in [3.63, 3.8) is 0 Å². The van der Waals surface area contributed by atoms with Gasteiger partial charge in [0.15, 0.2) is 0 Å². The molecule has 112 valence electrons. The van der Waals surface area contributed by atoms with Crippen molar-refractivity contribution in [2.24, 2.45) is 0 Å². The van der Waals surface area contributed by atoms with Gasteiger partial charge in [-0.3, -0.25) is 0 Å². The smallest absolute Gasteiger partial charge is 0.207 e. The van der Waals surface area contributed by atoms with E-state index in [1.165, 1.54) is 0 Å². The minimum absolute atomic E-state index is 0.0533. The number of aryl methyl sites for hydroxylation is 1. The Kier molecular flexibility index (Phi) is 5.78. The first-order chi connectivity index (χ1) is 9.56. The third-order valence-electron chi connectivity index (χ3n) is 3.68. The highest BCUT2D eigenvalue weighted by atomic mass is 35.5. The number of halogens is 1. The molecule has 0 spiro atoms. The Balaban J connectivity index is 2.09. The molecular weight excluding hydrogens is 314 g/mol. The Bertz CT molecular complexity index is 531. The van der Waals surface area contributed by atoms with Crippen LogP contribution < -0.4 is 4.72 Å². The van der Waals surface area contributed by atoms with Crippen LogP contribution in [0.3, 0.4) is 0 Å². The molecule has 2 unspecified atom stereocenters. The van der Waals surface area contributed by atoms with Crippen LogP contribution in [0.4, 0.5) is 0 Å². The summed E-state index contributed by atoms with van der Waals surface area (Å²) in [5, 5.41) is 0.389. The van der Waals surface area contributed by atoms with Crippen LogP contribution in [0.25, 0.3) is 0 Å². The molecule has 0 amide bonds. The van der Waals surface area contributed by atoms with E-state index in [4.69, 9.17) is 11.6 Å². The highest BCUT2D eigenvalue weighted by Gasteiger charge is 2.30. The van der Waals surface area contributed by atoms with Gasteiger partial charge >= 0.3 is 0 Å². The summed E-state index contributed by atoms with van der Waals surface area (Å²) >= 11 is 7.42. The van der Waals surface area contributed by atoms with Crippen LogP contribution in [0.15, 0.2) is 29.2 Å². The fourth-order valence-corrected chi connectivity index (χ4v) is 5.11. The maximum Gasteiger partial charge on any atom is 0.240 e. The SMILES string of the molecule is CSC1CCCC1NS(=O)(=O)c1ccc(CCCl)cc1. The zero-order valence-electron chi connectivity index (χ0n) is 11.5. The van der Waals surface area contributed by atoms with E-state index in [-0.39, 0.29) is 6.04 Å². The Hall–Kier alpha value is -0.230. The molecular formula is C14H20ClNO2S2. The van der Waals surface area contributed by atoms with Gasteiger partial charge in [-0.25, -0.2) is 13.1 Å². The molecule has 2 rings (SSSR count). The molecule has 1 aromatic rings. The largest absolute Gasteiger partial charge is 0.240 e. The molecule has 1 saturated carbocycles. The Labute approximate surface area is 130 Å². The van der Waals surface area contributed by atoms with Crippen molar-refractivity contribution in [1.82, 2.24) is 4.72 Å². The first-order valence-electron chi connectivity index (χ1n) is 6.77. The summed E-state index contributed by atoms with van der Waals surface area (Å²) < 4.78 is 27.6. The molecule has 1 aromatic carbocycles. The average Bonchev–Trinajstić information content (AvgIpc) is 2.86. The third-order valence-corrected chi connectivity index (χ3v) is 6.54. The molecule has 1 aliphatic rings. The van der Waals surface area contributed by atoms with Gasteiger partial charge in [-0.2, -0.15) is 11.8 Å². The van der Waals surface area contributed by atoms with Gasteiger partial charge < -0.3 is 0 Å². The second kappa shape index (κ2) is 7.16. The van der Waals surface area contributed by atoms with Crippen LogP contribution in [0.2, 0.25) is 0 Å². The number of rotatable bonds is 6. The molecule has 2 atom stereocenters. The summed E-state index contributed by atoms with van der Waals surface area (Å²) in [6, 6.07) is 7.04. The van der Waals surface area contributed by atoms with Crippen molar-refractivity contribution in [3.8, 4) is 0 Å². The van der Waals surface area contributed by atoms with Crippen molar-refractivity contribution in [3.05, 3.63) is 29.8 Å². The van der Waals surface area contributed by atoms with E-state index in [0.717, 1.165) is 31.2 Å². The predicted octanol–water partition coefficient (Wildman–Crippen LogP) is 3.03. The van der Waals surface area contributed by atoms with Gasteiger partial charge in [0.2, 0.25) is 10.0 Å². The molecule has 0 radical (unpaired) electrons. The van der Waals surface area contributed by atoms with Crippen LogP contribution in [-0.4, -0.2) is 31.8 Å². The quantitative estimate of drug-likeness (QED) is 0.814. The standard InChI is InChI=1S/C14H20ClNO2S2/c1-19-14-4-2-3-13(14)16-20(17,18)12-7-5-11(6-8-12)9-10-15/h5-8,13-14,16H,2-4,9-10H2,1H3. The summed E-state index contributed by atoms with van der Waals surface area (Å²) in [5.41, 5.74) is 1.06. The Morgan fingerprint density at radius 3 is 2.60 bits per heavy atom. The average molecular weight is 334 g/mol. The Morgan fingerprint density at radius 2 is 2.00 bits per heavy atom. The lowest BCUT2D eigenvalue weighted by molar-refractivity contribution is 0.555. The fourth-order valence-electron chi connectivity index (χ4n) is 2.55. The third kappa shape index (κ3) is 3.91.